The van der Waals surface area contributed by atoms with Crippen molar-refractivity contribution in [3.05, 3.63) is 75.1 Å². The maximum Gasteiger partial charge on any atom is 0.287 e. The second kappa shape index (κ2) is 9.54. The third kappa shape index (κ3) is 4.69. The summed E-state index contributed by atoms with van der Waals surface area (Å²) in [5, 5.41) is 3.44. The van der Waals surface area contributed by atoms with Crippen LogP contribution >= 0.6 is 0 Å². The van der Waals surface area contributed by atoms with E-state index in [1.807, 2.05) is 38.1 Å². The van der Waals surface area contributed by atoms with E-state index in [0.717, 1.165) is 35.5 Å². The van der Waals surface area contributed by atoms with Crippen LogP contribution in [0.1, 0.15) is 33.3 Å². The number of hydrogen-bond acceptors (Lipinski definition) is 6. The molecule has 0 aliphatic carbocycles. The summed E-state index contributed by atoms with van der Waals surface area (Å²) in [6, 6.07) is 12.7. The van der Waals surface area contributed by atoms with Crippen LogP contribution in [0.3, 0.4) is 0 Å². The Bertz CT molecular complexity index is 1160. The number of rotatable bonds is 6. The molecule has 1 amide bonds. The smallest absolute Gasteiger partial charge is 0.287 e. The fourth-order valence-corrected chi connectivity index (χ4v) is 3.97. The van der Waals surface area contributed by atoms with Gasteiger partial charge in [-0.3, -0.25) is 14.5 Å². The number of amides is 1. The predicted octanol–water partition coefficient (Wildman–Crippen LogP) is 3.22. The number of morpholine rings is 1. The summed E-state index contributed by atoms with van der Waals surface area (Å²) in [7, 11) is 1.63. The van der Waals surface area contributed by atoms with E-state index in [-0.39, 0.29) is 17.2 Å². The standard InChI is InChI=1S/C25H28N2O5/c1-16-12-20-22(28)14-24(32-23(20)13-17(16)2)25(29)26-15-21(27-8-10-31-11-9-27)18-4-6-19(30-3)7-5-18/h4-7,12-14,21H,8-11,15H2,1-3H3,(H,26,29). The number of carbonyl (C=O) groups excluding carboxylic acids is 1. The average Bonchev–Trinajstić information content (AvgIpc) is 2.81. The Hall–Kier alpha value is -3.16. The zero-order valence-electron chi connectivity index (χ0n) is 18.6. The van der Waals surface area contributed by atoms with Gasteiger partial charge in [0.05, 0.1) is 31.8 Å². The number of ether oxygens (including phenoxy) is 2. The van der Waals surface area contributed by atoms with Crippen molar-refractivity contribution < 1.29 is 18.7 Å². The molecule has 1 fully saturated rings. The Balaban J connectivity index is 1.56. The zero-order chi connectivity index (χ0) is 22.7. The Morgan fingerprint density at radius 3 is 2.47 bits per heavy atom. The maximum absolute atomic E-state index is 12.9. The van der Waals surface area contributed by atoms with E-state index < -0.39 is 5.91 Å². The first-order valence-electron chi connectivity index (χ1n) is 10.8. The largest absolute Gasteiger partial charge is 0.497 e. The molecule has 1 unspecified atom stereocenters. The molecule has 0 saturated carbocycles. The van der Waals surface area contributed by atoms with Crippen LogP contribution in [0.4, 0.5) is 0 Å². The molecule has 3 aromatic rings. The van der Waals surface area contributed by atoms with Crippen molar-refractivity contribution in [2.45, 2.75) is 19.9 Å². The Labute approximate surface area is 186 Å². The van der Waals surface area contributed by atoms with Gasteiger partial charge in [0, 0.05) is 25.7 Å². The van der Waals surface area contributed by atoms with Gasteiger partial charge in [-0.25, -0.2) is 0 Å². The van der Waals surface area contributed by atoms with Gasteiger partial charge in [-0.05, 0) is 54.8 Å². The molecule has 1 atom stereocenters. The fourth-order valence-electron chi connectivity index (χ4n) is 3.97. The van der Waals surface area contributed by atoms with Crippen molar-refractivity contribution in [1.82, 2.24) is 10.2 Å². The molecule has 2 heterocycles. The molecule has 2 aromatic carbocycles. The van der Waals surface area contributed by atoms with Gasteiger partial charge in [-0.1, -0.05) is 12.1 Å². The summed E-state index contributed by atoms with van der Waals surface area (Å²) in [5.74, 6) is 0.386. The highest BCUT2D eigenvalue weighted by molar-refractivity contribution is 5.93. The minimum atomic E-state index is -0.408. The lowest BCUT2D eigenvalue weighted by atomic mass is 10.0. The second-order valence-corrected chi connectivity index (χ2v) is 8.05. The molecule has 0 bridgehead atoms. The number of nitrogens with one attached hydrogen (secondary N) is 1. The number of nitrogens with zero attached hydrogens (tertiary/aromatic N) is 1. The van der Waals surface area contributed by atoms with Crippen molar-refractivity contribution in [3.8, 4) is 5.75 Å². The van der Waals surface area contributed by atoms with Gasteiger partial charge < -0.3 is 19.2 Å². The van der Waals surface area contributed by atoms with Gasteiger partial charge in [-0.2, -0.15) is 0 Å². The molecule has 1 aliphatic rings. The minimum absolute atomic E-state index is 0.0150. The van der Waals surface area contributed by atoms with Crippen LogP contribution in [0.25, 0.3) is 11.0 Å². The van der Waals surface area contributed by atoms with Crippen LogP contribution in [0.5, 0.6) is 5.75 Å². The molecule has 0 spiro atoms. The first-order valence-corrected chi connectivity index (χ1v) is 10.8. The normalized spacial score (nSPS) is 15.5. The van der Waals surface area contributed by atoms with E-state index in [4.69, 9.17) is 13.9 Å². The van der Waals surface area contributed by atoms with Gasteiger partial charge in [0.2, 0.25) is 0 Å². The molecule has 7 nitrogen and oxygen atoms in total. The second-order valence-electron chi connectivity index (χ2n) is 8.05. The SMILES string of the molecule is COc1ccc(C(CNC(=O)c2cc(=O)c3cc(C)c(C)cc3o2)N2CCOCC2)cc1. The highest BCUT2D eigenvalue weighted by atomic mass is 16.5. The molecule has 1 saturated heterocycles. The molecule has 32 heavy (non-hydrogen) atoms. The van der Waals surface area contributed by atoms with E-state index >= 15 is 0 Å². The van der Waals surface area contributed by atoms with Gasteiger partial charge in [0.1, 0.15) is 11.3 Å². The topological polar surface area (TPSA) is 81.0 Å². The first kappa shape index (κ1) is 22.0. The van der Waals surface area contributed by atoms with Gasteiger partial charge in [0.25, 0.3) is 5.91 Å². The molecule has 4 rings (SSSR count). The van der Waals surface area contributed by atoms with Crippen LogP contribution in [-0.2, 0) is 4.74 Å². The molecule has 7 heteroatoms. The summed E-state index contributed by atoms with van der Waals surface area (Å²) in [5.41, 5.74) is 3.28. The zero-order valence-corrected chi connectivity index (χ0v) is 18.6. The summed E-state index contributed by atoms with van der Waals surface area (Å²) < 4.78 is 16.5. The quantitative estimate of drug-likeness (QED) is 0.639. The third-order valence-electron chi connectivity index (χ3n) is 6.01. The molecular formula is C25H28N2O5. The molecule has 1 aliphatic heterocycles. The van der Waals surface area contributed by atoms with Crippen LogP contribution in [-0.4, -0.2) is 50.8 Å². The average molecular weight is 437 g/mol. The Morgan fingerprint density at radius 2 is 1.78 bits per heavy atom. The predicted molar refractivity (Wildman–Crippen MR) is 122 cm³/mol. The van der Waals surface area contributed by atoms with Crippen LogP contribution in [0.2, 0.25) is 0 Å². The van der Waals surface area contributed by atoms with E-state index in [0.29, 0.717) is 30.7 Å². The van der Waals surface area contributed by atoms with Crippen LogP contribution in [0, 0.1) is 13.8 Å². The van der Waals surface area contributed by atoms with E-state index in [1.165, 1.54) is 6.07 Å². The fraction of sp³-hybridized carbons (Fsp3) is 0.360. The molecule has 0 radical (unpaired) electrons. The number of methoxy groups -OCH3 is 1. The van der Waals surface area contributed by atoms with Crippen LogP contribution in [0.15, 0.2) is 51.7 Å². The van der Waals surface area contributed by atoms with Crippen molar-refractivity contribution >= 4 is 16.9 Å². The first-order chi connectivity index (χ1) is 15.5. The summed E-state index contributed by atoms with van der Waals surface area (Å²) >= 11 is 0. The van der Waals surface area contributed by atoms with Crippen molar-refractivity contribution in [1.29, 1.82) is 0 Å². The Kier molecular flexibility index (Phi) is 6.58. The minimum Gasteiger partial charge on any atom is -0.497 e. The summed E-state index contributed by atoms with van der Waals surface area (Å²) in [6.07, 6.45) is 0. The number of fused-ring (bicyclic) bond motifs is 1. The third-order valence-corrected chi connectivity index (χ3v) is 6.01. The van der Waals surface area contributed by atoms with Crippen LogP contribution < -0.4 is 15.5 Å². The van der Waals surface area contributed by atoms with Crippen molar-refractivity contribution in [2.75, 3.05) is 40.0 Å². The lowest BCUT2D eigenvalue weighted by molar-refractivity contribution is 0.0161. The lowest BCUT2D eigenvalue weighted by Gasteiger charge is -2.35. The molecule has 168 valence electrons. The highest BCUT2D eigenvalue weighted by Gasteiger charge is 2.24. The molecule has 1 N–H and O–H groups in total. The highest BCUT2D eigenvalue weighted by Crippen LogP contribution is 2.24. The lowest BCUT2D eigenvalue weighted by Crippen LogP contribution is -2.43. The van der Waals surface area contributed by atoms with Gasteiger partial charge in [-0.15, -0.1) is 0 Å². The monoisotopic (exact) mass is 436 g/mol. The van der Waals surface area contributed by atoms with Crippen molar-refractivity contribution in [3.63, 3.8) is 0 Å². The van der Waals surface area contributed by atoms with E-state index in [2.05, 4.69) is 10.2 Å². The Morgan fingerprint density at radius 1 is 1.09 bits per heavy atom. The number of aryl methyl sites for hydroxylation is 2. The van der Waals surface area contributed by atoms with Gasteiger partial charge in [0.15, 0.2) is 11.2 Å². The number of benzene rings is 2. The number of carbonyl (C=O) groups is 1. The van der Waals surface area contributed by atoms with Crippen molar-refractivity contribution in [2.24, 2.45) is 0 Å². The van der Waals surface area contributed by atoms with E-state index in [1.54, 1.807) is 19.2 Å². The van der Waals surface area contributed by atoms with E-state index in [9.17, 15) is 9.59 Å². The molecule has 1 aromatic heterocycles. The van der Waals surface area contributed by atoms with Gasteiger partial charge >= 0.3 is 0 Å². The summed E-state index contributed by atoms with van der Waals surface area (Å²) in [4.78, 5) is 27.8. The summed E-state index contributed by atoms with van der Waals surface area (Å²) in [6.45, 7) is 7.12. The molecular weight excluding hydrogens is 408 g/mol. The number of hydrogen-bond donors (Lipinski definition) is 1. The maximum atomic E-state index is 12.9.